The van der Waals surface area contributed by atoms with Crippen LogP contribution in [0.15, 0.2) is 29.8 Å². The molecular formula is C13H15FN2S. The van der Waals surface area contributed by atoms with Gasteiger partial charge >= 0.3 is 0 Å². The van der Waals surface area contributed by atoms with Gasteiger partial charge in [0.1, 0.15) is 5.82 Å². The molecule has 4 heteroatoms. The van der Waals surface area contributed by atoms with Crippen molar-refractivity contribution in [3.63, 3.8) is 0 Å². The van der Waals surface area contributed by atoms with Gasteiger partial charge in [-0.2, -0.15) is 0 Å². The quantitative estimate of drug-likeness (QED) is 0.902. The van der Waals surface area contributed by atoms with E-state index in [1.807, 2.05) is 24.6 Å². The molecular weight excluding hydrogens is 235 g/mol. The number of benzene rings is 1. The van der Waals surface area contributed by atoms with Gasteiger partial charge in [0.25, 0.3) is 0 Å². The Morgan fingerprint density at radius 1 is 1.47 bits per heavy atom. The van der Waals surface area contributed by atoms with E-state index in [0.717, 1.165) is 17.0 Å². The summed E-state index contributed by atoms with van der Waals surface area (Å²) in [5.41, 5.74) is 1.64. The third-order valence-electron chi connectivity index (χ3n) is 2.81. The van der Waals surface area contributed by atoms with Crippen molar-refractivity contribution in [3.8, 4) is 0 Å². The lowest BCUT2D eigenvalue weighted by Gasteiger charge is -2.15. The molecule has 1 N–H and O–H groups in total. The minimum Gasteiger partial charge on any atom is -0.313 e. The highest BCUT2D eigenvalue weighted by molar-refractivity contribution is 7.09. The van der Waals surface area contributed by atoms with Gasteiger partial charge in [-0.1, -0.05) is 12.1 Å². The van der Waals surface area contributed by atoms with Crippen LogP contribution < -0.4 is 5.32 Å². The fraction of sp³-hybridized carbons (Fsp3) is 0.308. The van der Waals surface area contributed by atoms with Crippen molar-refractivity contribution in [2.45, 2.75) is 19.4 Å². The Morgan fingerprint density at radius 3 is 2.88 bits per heavy atom. The summed E-state index contributed by atoms with van der Waals surface area (Å²) in [6.07, 6.45) is 2.58. The zero-order valence-corrected chi connectivity index (χ0v) is 10.7. The Morgan fingerprint density at radius 2 is 2.29 bits per heavy atom. The van der Waals surface area contributed by atoms with Crippen LogP contribution in [0, 0.1) is 12.7 Å². The van der Waals surface area contributed by atoms with E-state index in [4.69, 9.17) is 0 Å². The maximum Gasteiger partial charge on any atom is 0.126 e. The van der Waals surface area contributed by atoms with E-state index in [0.29, 0.717) is 5.56 Å². The molecule has 1 unspecified atom stereocenters. The molecule has 0 aliphatic rings. The second kappa shape index (κ2) is 5.38. The molecule has 2 aromatic rings. The van der Waals surface area contributed by atoms with Crippen LogP contribution >= 0.6 is 11.3 Å². The molecule has 0 radical (unpaired) electrons. The normalized spacial score (nSPS) is 12.6. The fourth-order valence-corrected chi connectivity index (χ4v) is 2.40. The molecule has 1 aromatic heterocycles. The Labute approximate surface area is 105 Å². The zero-order valence-electron chi connectivity index (χ0n) is 9.90. The highest BCUT2D eigenvalue weighted by Gasteiger charge is 2.12. The molecule has 0 bridgehead atoms. The molecule has 0 fully saturated rings. The van der Waals surface area contributed by atoms with Gasteiger partial charge < -0.3 is 5.32 Å². The van der Waals surface area contributed by atoms with Crippen molar-refractivity contribution in [1.29, 1.82) is 0 Å². The van der Waals surface area contributed by atoms with E-state index in [2.05, 4.69) is 10.3 Å². The zero-order chi connectivity index (χ0) is 12.3. The minimum absolute atomic E-state index is 0.108. The van der Waals surface area contributed by atoms with Crippen LogP contribution in [0.5, 0.6) is 0 Å². The topological polar surface area (TPSA) is 24.9 Å². The van der Waals surface area contributed by atoms with E-state index in [9.17, 15) is 4.39 Å². The largest absolute Gasteiger partial charge is 0.313 e. The van der Waals surface area contributed by atoms with Gasteiger partial charge in [-0.15, -0.1) is 11.3 Å². The molecule has 0 aliphatic carbocycles. The Hall–Kier alpha value is -1.26. The number of nitrogens with one attached hydrogen (secondary N) is 1. The highest BCUT2D eigenvalue weighted by atomic mass is 32.1. The first-order valence-electron chi connectivity index (χ1n) is 5.52. The van der Waals surface area contributed by atoms with Crippen LogP contribution in [0.3, 0.4) is 0 Å². The van der Waals surface area contributed by atoms with E-state index in [1.165, 1.54) is 0 Å². The first-order chi connectivity index (χ1) is 8.20. The molecule has 17 heavy (non-hydrogen) atoms. The predicted octanol–water partition coefficient (Wildman–Crippen LogP) is 3.09. The smallest absolute Gasteiger partial charge is 0.126 e. The average molecular weight is 250 g/mol. The summed E-state index contributed by atoms with van der Waals surface area (Å²) in [5, 5.41) is 6.22. The Kier molecular flexibility index (Phi) is 3.86. The summed E-state index contributed by atoms with van der Waals surface area (Å²) in [6.45, 7) is 1.77. The number of hydrogen-bond acceptors (Lipinski definition) is 3. The Bertz CT molecular complexity index is 482. The average Bonchev–Trinajstić information content (AvgIpc) is 2.82. The molecule has 1 aromatic carbocycles. The van der Waals surface area contributed by atoms with Gasteiger partial charge in [-0.25, -0.2) is 9.37 Å². The maximum absolute atomic E-state index is 13.5. The fourth-order valence-electron chi connectivity index (χ4n) is 1.74. The third kappa shape index (κ3) is 2.90. The van der Waals surface area contributed by atoms with Crippen molar-refractivity contribution in [3.05, 3.63) is 51.7 Å². The monoisotopic (exact) mass is 250 g/mol. The van der Waals surface area contributed by atoms with Crippen molar-refractivity contribution in [2.75, 3.05) is 7.05 Å². The molecule has 0 amide bonds. The SMILES string of the molecule is CNC(Cc1nccs1)c1ccc(C)c(F)c1. The molecule has 90 valence electrons. The standard InChI is InChI=1S/C13H15FN2S/c1-9-3-4-10(7-11(9)14)12(15-2)8-13-16-5-6-17-13/h3-7,12,15H,8H2,1-2H3. The van der Waals surface area contributed by atoms with E-state index < -0.39 is 0 Å². The number of aromatic nitrogens is 1. The van der Waals surface area contributed by atoms with Crippen LogP contribution in [0.25, 0.3) is 0 Å². The van der Waals surface area contributed by atoms with Gasteiger partial charge in [0.15, 0.2) is 0 Å². The van der Waals surface area contributed by atoms with Gasteiger partial charge in [0.2, 0.25) is 0 Å². The number of rotatable bonds is 4. The van der Waals surface area contributed by atoms with Crippen LogP contribution in [0.2, 0.25) is 0 Å². The molecule has 2 nitrogen and oxygen atoms in total. The summed E-state index contributed by atoms with van der Waals surface area (Å²) in [7, 11) is 1.88. The molecule has 1 heterocycles. The number of thiazole rings is 1. The number of aryl methyl sites for hydroxylation is 1. The number of halogens is 1. The van der Waals surface area contributed by atoms with Crippen LogP contribution in [-0.4, -0.2) is 12.0 Å². The lowest BCUT2D eigenvalue weighted by molar-refractivity contribution is 0.573. The first-order valence-corrected chi connectivity index (χ1v) is 6.40. The van der Waals surface area contributed by atoms with Crippen LogP contribution in [-0.2, 0) is 6.42 Å². The summed E-state index contributed by atoms with van der Waals surface area (Å²) in [5.74, 6) is -0.151. The molecule has 1 atom stereocenters. The number of nitrogens with zero attached hydrogens (tertiary/aromatic N) is 1. The first kappa shape index (κ1) is 12.2. The summed E-state index contributed by atoms with van der Waals surface area (Å²) in [4.78, 5) is 4.25. The molecule has 0 spiro atoms. The molecule has 0 saturated carbocycles. The summed E-state index contributed by atoms with van der Waals surface area (Å²) < 4.78 is 13.5. The van der Waals surface area contributed by atoms with Crippen molar-refractivity contribution >= 4 is 11.3 Å². The van der Waals surface area contributed by atoms with Crippen molar-refractivity contribution < 1.29 is 4.39 Å². The number of likely N-dealkylation sites (N-methyl/N-ethyl adjacent to an activating group) is 1. The van der Waals surface area contributed by atoms with Gasteiger partial charge in [0, 0.05) is 24.0 Å². The summed E-state index contributed by atoms with van der Waals surface area (Å²) in [6, 6.07) is 5.49. The van der Waals surface area contributed by atoms with Crippen LogP contribution in [0.4, 0.5) is 4.39 Å². The van der Waals surface area contributed by atoms with Crippen molar-refractivity contribution in [2.24, 2.45) is 0 Å². The minimum atomic E-state index is -0.151. The molecule has 0 aliphatic heterocycles. The van der Waals surface area contributed by atoms with Gasteiger partial charge in [-0.05, 0) is 31.2 Å². The van der Waals surface area contributed by atoms with Gasteiger partial charge in [-0.3, -0.25) is 0 Å². The van der Waals surface area contributed by atoms with Crippen molar-refractivity contribution in [1.82, 2.24) is 10.3 Å². The number of hydrogen-bond donors (Lipinski definition) is 1. The lowest BCUT2D eigenvalue weighted by Crippen LogP contribution is -2.19. The van der Waals surface area contributed by atoms with Crippen LogP contribution in [0.1, 0.15) is 22.2 Å². The van der Waals surface area contributed by atoms with Gasteiger partial charge in [0.05, 0.1) is 5.01 Å². The lowest BCUT2D eigenvalue weighted by atomic mass is 10.0. The highest BCUT2D eigenvalue weighted by Crippen LogP contribution is 2.21. The maximum atomic E-state index is 13.5. The second-order valence-corrected chi connectivity index (χ2v) is 4.96. The van der Waals surface area contributed by atoms with E-state index in [-0.39, 0.29) is 11.9 Å². The Balaban J connectivity index is 2.20. The summed E-state index contributed by atoms with van der Waals surface area (Å²) >= 11 is 1.62. The third-order valence-corrected chi connectivity index (χ3v) is 3.61. The predicted molar refractivity (Wildman–Crippen MR) is 68.8 cm³/mol. The second-order valence-electron chi connectivity index (χ2n) is 3.98. The molecule has 0 saturated heterocycles. The molecule has 2 rings (SSSR count). The van der Waals surface area contributed by atoms with E-state index >= 15 is 0 Å². The van der Waals surface area contributed by atoms with E-state index in [1.54, 1.807) is 30.5 Å².